The first-order chi connectivity index (χ1) is 15.8. The summed E-state index contributed by atoms with van der Waals surface area (Å²) in [7, 11) is 0. The van der Waals surface area contributed by atoms with Gasteiger partial charge in [-0.25, -0.2) is 0 Å². The normalized spacial score (nSPS) is 11.1. The van der Waals surface area contributed by atoms with Crippen LogP contribution in [0.4, 0.5) is 0 Å². The van der Waals surface area contributed by atoms with E-state index in [1.54, 1.807) is 6.92 Å². The lowest BCUT2D eigenvalue weighted by molar-refractivity contribution is -0.119. The van der Waals surface area contributed by atoms with Gasteiger partial charge in [-0.1, -0.05) is 92.6 Å². The van der Waals surface area contributed by atoms with Crippen LogP contribution < -0.4 is 5.32 Å². The lowest BCUT2D eigenvalue weighted by Gasteiger charge is -2.28. The predicted octanol–water partition coefficient (Wildman–Crippen LogP) is 8.95. The number of nitrogens with one attached hydrogen (secondary N) is 1. The molecule has 0 aliphatic rings. The molecule has 2 aromatic rings. The summed E-state index contributed by atoms with van der Waals surface area (Å²) >= 11 is 0. The molecule has 0 bridgehead atoms. The van der Waals surface area contributed by atoms with Gasteiger partial charge in [-0.3, -0.25) is 4.79 Å². The monoisotopic (exact) mass is 465 g/mol. The third-order valence-electron chi connectivity index (χ3n) is 5.82. The van der Waals surface area contributed by atoms with Crippen molar-refractivity contribution in [3.63, 3.8) is 0 Å². The van der Waals surface area contributed by atoms with Crippen LogP contribution in [0, 0.1) is 26.2 Å². The third-order valence-corrected chi connectivity index (χ3v) is 5.82. The molecule has 2 aromatic carbocycles. The Morgan fingerprint density at radius 3 is 1.59 bits per heavy atom. The van der Waals surface area contributed by atoms with E-state index >= 15 is 0 Å². The number of rotatable bonds is 6. The van der Waals surface area contributed by atoms with Crippen molar-refractivity contribution in [1.29, 1.82) is 0 Å². The zero-order valence-corrected chi connectivity index (χ0v) is 23.8. The molecule has 2 heteroatoms. The molecular formula is C32H51NO. The van der Waals surface area contributed by atoms with Gasteiger partial charge in [-0.15, -0.1) is 6.58 Å². The molecule has 1 atom stereocenters. The average molecular weight is 466 g/mol. The molecule has 0 heterocycles. The largest absolute Gasteiger partial charge is 0.356 e. The minimum Gasteiger partial charge on any atom is -0.356 e. The van der Waals surface area contributed by atoms with E-state index in [2.05, 4.69) is 115 Å². The molecule has 34 heavy (non-hydrogen) atoms. The molecule has 0 fully saturated rings. The molecule has 2 nitrogen and oxygen atoms in total. The van der Waals surface area contributed by atoms with Gasteiger partial charge in [0.05, 0.1) is 0 Å². The van der Waals surface area contributed by atoms with Crippen LogP contribution in [0.15, 0.2) is 72.8 Å². The summed E-state index contributed by atoms with van der Waals surface area (Å²) in [6, 6.07) is 17.0. The molecule has 0 aromatic heterocycles. The molecule has 0 spiro atoms. The van der Waals surface area contributed by atoms with Crippen molar-refractivity contribution in [2.75, 3.05) is 6.54 Å². The van der Waals surface area contributed by atoms with E-state index in [-0.39, 0.29) is 11.3 Å². The number of carbonyl (C=O) groups is 1. The second-order valence-electron chi connectivity index (χ2n) is 9.56. The Bertz CT molecular complexity index is 823. The maximum atomic E-state index is 10.7. The summed E-state index contributed by atoms with van der Waals surface area (Å²) < 4.78 is 0. The fraction of sp³-hybridized carbons (Fsp3) is 0.469. The van der Waals surface area contributed by atoms with Crippen LogP contribution in [-0.2, 0) is 11.2 Å². The highest BCUT2D eigenvalue weighted by molar-refractivity contribution is 5.72. The van der Waals surface area contributed by atoms with E-state index in [1.165, 1.54) is 33.4 Å². The minimum atomic E-state index is 0.0418. The van der Waals surface area contributed by atoms with E-state index in [1.807, 2.05) is 13.8 Å². The smallest absolute Gasteiger partial charge is 0.216 e. The SMILES string of the molecule is C=C(C)C.C=C(C)C(C)(CC)CCNC(C)=O.CCc1ccc(C)cc1.Cc1ccccc1C. The summed E-state index contributed by atoms with van der Waals surface area (Å²) in [4.78, 5) is 10.7. The Labute approximate surface area is 211 Å². The summed E-state index contributed by atoms with van der Waals surface area (Å²) in [5.74, 6) is 0.0418. The highest BCUT2D eigenvalue weighted by Crippen LogP contribution is 2.32. The lowest BCUT2D eigenvalue weighted by Crippen LogP contribution is -2.27. The molecule has 0 saturated carbocycles. The number of hydrogen-bond donors (Lipinski definition) is 1. The second kappa shape index (κ2) is 18.8. The van der Waals surface area contributed by atoms with E-state index in [0.29, 0.717) is 0 Å². The lowest BCUT2D eigenvalue weighted by atomic mass is 9.78. The first-order valence-corrected chi connectivity index (χ1v) is 12.4. The quantitative estimate of drug-likeness (QED) is 0.424. The van der Waals surface area contributed by atoms with Crippen LogP contribution in [0.25, 0.3) is 0 Å². The van der Waals surface area contributed by atoms with Crippen LogP contribution in [0.3, 0.4) is 0 Å². The Morgan fingerprint density at radius 1 is 0.853 bits per heavy atom. The van der Waals surface area contributed by atoms with Crippen molar-refractivity contribution in [3.05, 3.63) is 95.1 Å². The number of allylic oxidation sites excluding steroid dienone is 2. The third kappa shape index (κ3) is 17.9. The number of benzene rings is 2. The van der Waals surface area contributed by atoms with Gasteiger partial charge in [0.15, 0.2) is 0 Å². The summed E-state index contributed by atoms with van der Waals surface area (Å²) in [6.45, 7) is 28.7. The van der Waals surface area contributed by atoms with Gasteiger partial charge in [0.25, 0.3) is 0 Å². The zero-order valence-electron chi connectivity index (χ0n) is 23.8. The maximum absolute atomic E-state index is 10.7. The van der Waals surface area contributed by atoms with Gasteiger partial charge in [0.1, 0.15) is 0 Å². The van der Waals surface area contributed by atoms with Crippen LogP contribution in [0.1, 0.15) is 83.6 Å². The van der Waals surface area contributed by atoms with Crippen LogP contribution in [-0.4, -0.2) is 12.5 Å². The molecular weight excluding hydrogens is 414 g/mol. The molecule has 190 valence electrons. The van der Waals surface area contributed by atoms with Crippen molar-refractivity contribution >= 4 is 5.91 Å². The first-order valence-electron chi connectivity index (χ1n) is 12.4. The van der Waals surface area contributed by atoms with E-state index in [4.69, 9.17) is 0 Å². The minimum absolute atomic E-state index is 0.0418. The fourth-order valence-corrected chi connectivity index (χ4v) is 2.69. The Balaban J connectivity index is 0. The summed E-state index contributed by atoms with van der Waals surface area (Å²) in [5.41, 5.74) is 8.02. The molecule has 2 rings (SSSR count). The fourth-order valence-electron chi connectivity index (χ4n) is 2.69. The van der Waals surface area contributed by atoms with Crippen molar-refractivity contribution in [3.8, 4) is 0 Å². The van der Waals surface area contributed by atoms with Crippen LogP contribution in [0.2, 0.25) is 0 Å². The van der Waals surface area contributed by atoms with Crippen LogP contribution in [0.5, 0.6) is 0 Å². The Morgan fingerprint density at radius 2 is 1.29 bits per heavy atom. The molecule has 0 aliphatic heterocycles. The molecule has 0 saturated heterocycles. The standard InChI is InChI=1S/C11H21NO.C9H12.C8H10.C4H8/c1-6-11(5,9(2)3)7-8-12-10(4)13;1-3-9-6-4-8(2)5-7-9;1-7-5-3-4-6-8(7)2;1-4(2)3/h2,6-8H2,1,3-5H3,(H,12,13);4-7H,3H2,1-2H3;3-6H,1-2H3;1H2,2-3H3. The van der Waals surface area contributed by atoms with Gasteiger partial charge in [0, 0.05) is 13.5 Å². The van der Waals surface area contributed by atoms with Gasteiger partial charge < -0.3 is 5.32 Å². The highest BCUT2D eigenvalue weighted by Gasteiger charge is 2.22. The maximum Gasteiger partial charge on any atom is 0.216 e. The molecule has 1 amide bonds. The van der Waals surface area contributed by atoms with Gasteiger partial charge in [-0.05, 0) is 82.9 Å². The van der Waals surface area contributed by atoms with Gasteiger partial charge in [0.2, 0.25) is 5.91 Å². The second-order valence-corrected chi connectivity index (χ2v) is 9.56. The van der Waals surface area contributed by atoms with Crippen molar-refractivity contribution in [1.82, 2.24) is 5.32 Å². The number of amides is 1. The highest BCUT2D eigenvalue weighted by atomic mass is 16.1. The van der Waals surface area contributed by atoms with E-state index in [9.17, 15) is 4.79 Å². The molecule has 1 N–H and O–H groups in total. The van der Waals surface area contributed by atoms with Gasteiger partial charge >= 0.3 is 0 Å². The number of aryl methyl sites for hydroxylation is 4. The molecule has 1 unspecified atom stereocenters. The van der Waals surface area contributed by atoms with Gasteiger partial charge in [-0.2, -0.15) is 0 Å². The Kier molecular flexibility index (Phi) is 18.5. The topological polar surface area (TPSA) is 29.1 Å². The molecule has 0 radical (unpaired) electrons. The predicted molar refractivity (Wildman–Crippen MR) is 153 cm³/mol. The summed E-state index contributed by atoms with van der Waals surface area (Å²) in [5, 5.41) is 2.81. The van der Waals surface area contributed by atoms with E-state index < -0.39 is 0 Å². The number of carbonyl (C=O) groups excluding carboxylic acids is 1. The summed E-state index contributed by atoms with van der Waals surface area (Å²) in [6.07, 6.45) is 3.18. The number of hydrogen-bond acceptors (Lipinski definition) is 1. The zero-order chi connectivity index (χ0) is 26.7. The average Bonchev–Trinajstić information content (AvgIpc) is 2.76. The Hall–Kier alpha value is -2.61. The molecule has 0 aliphatic carbocycles. The van der Waals surface area contributed by atoms with Crippen molar-refractivity contribution in [2.45, 2.75) is 88.5 Å². The van der Waals surface area contributed by atoms with Crippen LogP contribution >= 0.6 is 0 Å². The van der Waals surface area contributed by atoms with Crippen molar-refractivity contribution < 1.29 is 4.79 Å². The van der Waals surface area contributed by atoms with Crippen molar-refractivity contribution in [2.24, 2.45) is 5.41 Å². The van der Waals surface area contributed by atoms with E-state index in [0.717, 1.165) is 25.8 Å². The first kappa shape index (κ1) is 33.6.